The fraction of sp³-hybridized carbons (Fsp3) is 0.214. The fourth-order valence-electron chi connectivity index (χ4n) is 2.15. The molecule has 0 fully saturated rings. The molecule has 0 saturated carbocycles. The molecule has 1 aromatic carbocycles. The van der Waals surface area contributed by atoms with Crippen molar-refractivity contribution in [1.29, 1.82) is 0 Å². The van der Waals surface area contributed by atoms with Gasteiger partial charge in [0.1, 0.15) is 11.6 Å². The van der Waals surface area contributed by atoms with Crippen molar-refractivity contribution >= 4 is 34.0 Å². The maximum Gasteiger partial charge on any atom is 0.128 e. The van der Waals surface area contributed by atoms with Crippen molar-refractivity contribution in [2.45, 2.75) is 18.8 Å². The van der Waals surface area contributed by atoms with Crippen LogP contribution in [0.15, 0.2) is 35.7 Å². The molecule has 0 spiro atoms. The van der Waals surface area contributed by atoms with Crippen LogP contribution in [-0.2, 0) is 6.54 Å². The molecular weight excluding hydrogens is 283 g/mol. The van der Waals surface area contributed by atoms with Crippen LogP contribution in [-0.4, -0.2) is 9.55 Å². The lowest BCUT2D eigenvalue weighted by atomic mass is 10.3. The molecule has 2 heterocycles. The Morgan fingerprint density at radius 3 is 2.95 bits per heavy atom. The predicted molar refractivity (Wildman–Crippen MR) is 77.4 cm³/mol. The van der Waals surface area contributed by atoms with Crippen LogP contribution in [0.3, 0.4) is 0 Å². The highest BCUT2D eigenvalue weighted by Gasteiger charge is 2.15. The average Bonchev–Trinajstić information content (AvgIpc) is 2.97. The number of halogens is 2. The van der Waals surface area contributed by atoms with E-state index < -0.39 is 0 Å². The highest BCUT2D eigenvalue weighted by molar-refractivity contribution is 7.09. The lowest BCUT2D eigenvalue weighted by Crippen LogP contribution is -2.04. The Morgan fingerprint density at radius 1 is 1.42 bits per heavy atom. The van der Waals surface area contributed by atoms with Crippen LogP contribution < -0.4 is 0 Å². The molecule has 5 heteroatoms. The SMILES string of the molecule is CC(Cl)c1nc2cc(F)ccc2n1Cc1cccs1. The van der Waals surface area contributed by atoms with Crippen LogP contribution >= 0.6 is 22.9 Å². The van der Waals surface area contributed by atoms with Crippen molar-refractivity contribution < 1.29 is 4.39 Å². The molecule has 0 N–H and O–H groups in total. The first-order valence-electron chi connectivity index (χ1n) is 5.97. The Kier molecular flexibility index (Phi) is 3.29. The largest absolute Gasteiger partial charge is 0.321 e. The van der Waals surface area contributed by atoms with Gasteiger partial charge in [0.25, 0.3) is 0 Å². The molecule has 1 unspecified atom stereocenters. The first-order valence-corrected chi connectivity index (χ1v) is 7.29. The van der Waals surface area contributed by atoms with E-state index in [9.17, 15) is 4.39 Å². The molecule has 98 valence electrons. The molecule has 1 atom stereocenters. The Labute approximate surface area is 119 Å². The summed E-state index contributed by atoms with van der Waals surface area (Å²) in [5.41, 5.74) is 1.57. The van der Waals surface area contributed by atoms with Gasteiger partial charge in [0, 0.05) is 10.9 Å². The minimum absolute atomic E-state index is 0.213. The van der Waals surface area contributed by atoms with Crippen LogP contribution in [0.25, 0.3) is 11.0 Å². The summed E-state index contributed by atoms with van der Waals surface area (Å²) < 4.78 is 15.3. The monoisotopic (exact) mass is 294 g/mol. The lowest BCUT2D eigenvalue weighted by Gasteiger charge is -2.09. The molecule has 2 aromatic heterocycles. The zero-order chi connectivity index (χ0) is 13.4. The van der Waals surface area contributed by atoms with Crippen molar-refractivity contribution in [3.8, 4) is 0 Å². The summed E-state index contributed by atoms with van der Waals surface area (Å²) in [7, 11) is 0. The summed E-state index contributed by atoms with van der Waals surface area (Å²) in [5, 5.41) is 1.83. The number of alkyl halides is 1. The first-order chi connectivity index (χ1) is 9.15. The highest BCUT2D eigenvalue weighted by atomic mass is 35.5. The average molecular weight is 295 g/mol. The number of benzene rings is 1. The van der Waals surface area contributed by atoms with Gasteiger partial charge in [-0.3, -0.25) is 0 Å². The molecule has 3 rings (SSSR count). The van der Waals surface area contributed by atoms with Crippen LogP contribution in [0, 0.1) is 5.82 Å². The number of hydrogen-bond donors (Lipinski definition) is 0. The Morgan fingerprint density at radius 2 is 2.26 bits per heavy atom. The third kappa shape index (κ3) is 2.38. The second-order valence-electron chi connectivity index (χ2n) is 4.38. The van der Waals surface area contributed by atoms with Crippen molar-refractivity contribution in [2.75, 3.05) is 0 Å². The normalized spacial score (nSPS) is 13.0. The van der Waals surface area contributed by atoms with Crippen LogP contribution in [0.4, 0.5) is 4.39 Å². The molecule has 0 saturated heterocycles. The zero-order valence-electron chi connectivity index (χ0n) is 10.3. The van der Waals surface area contributed by atoms with E-state index in [0.29, 0.717) is 12.1 Å². The summed E-state index contributed by atoms with van der Waals surface area (Å²) in [6.45, 7) is 2.59. The number of nitrogens with zero attached hydrogens (tertiary/aromatic N) is 2. The van der Waals surface area contributed by atoms with Gasteiger partial charge in [-0.2, -0.15) is 0 Å². The van der Waals surface area contributed by atoms with E-state index in [4.69, 9.17) is 11.6 Å². The van der Waals surface area contributed by atoms with Gasteiger partial charge in [-0.15, -0.1) is 22.9 Å². The van der Waals surface area contributed by atoms with E-state index in [1.54, 1.807) is 17.4 Å². The smallest absolute Gasteiger partial charge is 0.128 e. The van der Waals surface area contributed by atoms with Gasteiger partial charge in [-0.25, -0.2) is 9.37 Å². The Balaban J connectivity index is 2.16. The third-order valence-corrected chi connectivity index (χ3v) is 4.05. The standard InChI is InChI=1S/C14H12ClFN2S/c1-9(15)14-17-12-7-10(16)4-5-13(12)18(14)8-11-3-2-6-19-11/h2-7,9H,8H2,1H3. The molecule has 19 heavy (non-hydrogen) atoms. The van der Waals surface area contributed by atoms with Gasteiger partial charge in [0.15, 0.2) is 0 Å². The summed E-state index contributed by atoms with van der Waals surface area (Å²) >= 11 is 7.87. The molecular formula is C14H12ClFN2S. The predicted octanol–water partition coefficient (Wildman–Crippen LogP) is 4.59. The number of hydrogen-bond acceptors (Lipinski definition) is 2. The third-order valence-electron chi connectivity index (χ3n) is 2.99. The summed E-state index contributed by atoms with van der Waals surface area (Å²) in [6, 6.07) is 8.75. The number of imidazole rings is 1. The first kappa shape index (κ1) is 12.6. The topological polar surface area (TPSA) is 17.8 Å². The Bertz CT molecular complexity index is 704. The molecule has 0 amide bonds. The van der Waals surface area contributed by atoms with Crippen molar-refractivity contribution in [2.24, 2.45) is 0 Å². The van der Waals surface area contributed by atoms with E-state index in [2.05, 4.69) is 15.6 Å². The molecule has 0 radical (unpaired) electrons. The fourth-order valence-corrected chi connectivity index (χ4v) is 3.01. The molecule has 3 aromatic rings. The zero-order valence-corrected chi connectivity index (χ0v) is 11.9. The Hall–Kier alpha value is -1.39. The minimum Gasteiger partial charge on any atom is -0.321 e. The molecule has 0 aliphatic carbocycles. The van der Waals surface area contributed by atoms with E-state index in [0.717, 1.165) is 11.3 Å². The number of aromatic nitrogens is 2. The maximum absolute atomic E-state index is 13.3. The van der Waals surface area contributed by atoms with Gasteiger partial charge >= 0.3 is 0 Å². The van der Waals surface area contributed by atoms with Gasteiger partial charge in [-0.05, 0) is 30.5 Å². The molecule has 0 aliphatic rings. The second-order valence-corrected chi connectivity index (χ2v) is 6.07. The minimum atomic E-state index is -0.276. The van der Waals surface area contributed by atoms with Gasteiger partial charge in [0.05, 0.1) is 23.0 Å². The number of fused-ring (bicyclic) bond motifs is 1. The summed E-state index contributed by atoms with van der Waals surface area (Å²) in [4.78, 5) is 5.67. The van der Waals surface area contributed by atoms with Crippen molar-refractivity contribution in [3.63, 3.8) is 0 Å². The second kappa shape index (κ2) is 4.94. The highest BCUT2D eigenvalue weighted by Crippen LogP contribution is 2.26. The lowest BCUT2D eigenvalue weighted by molar-refractivity contribution is 0.629. The molecule has 0 bridgehead atoms. The quantitative estimate of drug-likeness (QED) is 0.646. The van der Waals surface area contributed by atoms with Crippen LogP contribution in [0.1, 0.15) is 23.0 Å². The molecule has 2 nitrogen and oxygen atoms in total. The van der Waals surface area contributed by atoms with E-state index in [1.165, 1.54) is 17.0 Å². The van der Waals surface area contributed by atoms with E-state index >= 15 is 0 Å². The number of rotatable bonds is 3. The van der Waals surface area contributed by atoms with Gasteiger partial charge in [0.2, 0.25) is 0 Å². The van der Waals surface area contributed by atoms with E-state index in [1.807, 2.05) is 18.4 Å². The van der Waals surface area contributed by atoms with Crippen LogP contribution in [0.2, 0.25) is 0 Å². The van der Waals surface area contributed by atoms with Gasteiger partial charge < -0.3 is 4.57 Å². The maximum atomic E-state index is 13.3. The van der Waals surface area contributed by atoms with E-state index in [-0.39, 0.29) is 11.2 Å². The van der Waals surface area contributed by atoms with Gasteiger partial charge in [-0.1, -0.05) is 6.07 Å². The van der Waals surface area contributed by atoms with Crippen LogP contribution in [0.5, 0.6) is 0 Å². The van der Waals surface area contributed by atoms with Crippen molar-refractivity contribution in [3.05, 3.63) is 52.2 Å². The summed E-state index contributed by atoms with van der Waals surface area (Å²) in [6.07, 6.45) is 0. The molecule has 0 aliphatic heterocycles. The summed E-state index contributed by atoms with van der Waals surface area (Å²) in [5.74, 6) is 0.498. The number of thiophene rings is 1. The van der Waals surface area contributed by atoms with Crippen molar-refractivity contribution in [1.82, 2.24) is 9.55 Å².